The number of alkyl halides is 3. The number of halogens is 3. The fourth-order valence-electron chi connectivity index (χ4n) is 3.85. The molecule has 0 unspecified atom stereocenters. The van der Waals surface area contributed by atoms with Gasteiger partial charge in [-0.1, -0.05) is 43.3 Å². The summed E-state index contributed by atoms with van der Waals surface area (Å²) >= 11 is 0. The molecule has 0 bridgehead atoms. The number of ketones is 1. The van der Waals surface area contributed by atoms with Crippen molar-refractivity contribution in [1.29, 1.82) is 0 Å². The number of nitrogens with zero attached hydrogens (tertiary/aromatic N) is 3. The Morgan fingerprint density at radius 3 is 2.17 bits per heavy atom. The molecule has 1 heterocycles. The minimum absolute atomic E-state index is 0.0162. The molecule has 1 aromatic heterocycles. The van der Waals surface area contributed by atoms with Crippen molar-refractivity contribution in [2.24, 2.45) is 10.4 Å². The third-order valence-corrected chi connectivity index (χ3v) is 6.16. The van der Waals surface area contributed by atoms with Crippen LogP contribution < -0.4 is 5.32 Å². The molecule has 1 aliphatic carbocycles. The van der Waals surface area contributed by atoms with Gasteiger partial charge in [-0.2, -0.15) is 13.2 Å². The lowest BCUT2D eigenvalue weighted by molar-refractivity contribution is -0.184. The Balaban J connectivity index is 0.000000353. The quantitative estimate of drug-likeness (QED) is 0.161. The van der Waals surface area contributed by atoms with Gasteiger partial charge in [-0.05, 0) is 57.2 Å². The van der Waals surface area contributed by atoms with E-state index in [4.69, 9.17) is 9.47 Å². The number of nitrogens with one attached hydrogen (secondary N) is 1. The minimum atomic E-state index is -4.22. The van der Waals surface area contributed by atoms with E-state index in [1.165, 1.54) is 13.2 Å². The lowest BCUT2D eigenvalue weighted by Crippen LogP contribution is -2.27. The number of Topliss-reactive ketones (excluding diaryl/α,β-unsaturated/α-hetero) is 1. The highest BCUT2D eigenvalue weighted by atomic mass is 19.4. The molecular formula is C31H39F3N4O3. The molecule has 0 saturated heterocycles. The van der Waals surface area contributed by atoms with Crippen LogP contribution in [-0.2, 0) is 20.7 Å². The van der Waals surface area contributed by atoms with Crippen LogP contribution in [0.2, 0.25) is 0 Å². The average Bonchev–Trinajstić information content (AvgIpc) is 3.73. The number of aromatic nitrogens is 2. The smallest absolute Gasteiger partial charge is 0.401 e. The predicted octanol–water partition coefficient (Wildman–Crippen LogP) is 7.48. The monoisotopic (exact) mass is 572 g/mol. The van der Waals surface area contributed by atoms with Crippen molar-refractivity contribution in [3.8, 4) is 11.1 Å². The van der Waals surface area contributed by atoms with Gasteiger partial charge in [0.2, 0.25) is 5.95 Å². The summed E-state index contributed by atoms with van der Waals surface area (Å²) in [5.74, 6) is 1.36. The van der Waals surface area contributed by atoms with Crippen molar-refractivity contribution in [3.05, 3.63) is 77.7 Å². The fourth-order valence-corrected chi connectivity index (χ4v) is 3.85. The van der Waals surface area contributed by atoms with Gasteiger partial charge in [-0.3, -0.25) is 9.79 Å². The van der Waals surface area contributed by atoms with Crippen LogP contribution in [-0.4, -0.2) is 48.9 Å². The minimum Gasteiger partial charge on any atom is -0.500 e. The highest BCUT2D eigenvalue weighted by Crippen LogP contribution is 2.62. The van der Waals surface area contributed by atoms with E-state index in [9.17, 15) is 18.0 Å². The first-order valence-corrected chi connectivity index (χ1v) is 13.3. The number of carbonyl (C=O) groups is 1. The third kappa shape index (κ3) is 9.88. The zero-order valence-electron chi connectivity index (χ0n) is 24.6. The van der Waals surface area contributed by atoms with Crippen LogP contribution in [0.15, 0.2) is 77.1 Å². The second-order valence-electron chi connectivity index (χ2n) is 9.84. The van der Waals surface area contributed by atoms with Gasteiger partial charge in [0, 0.05) is 37.6 Å². The Morgan fingerprint density at radius 2 is 1.73 bits per heavy atom. The van der Waals surface area contributed by atoms with Gasteiger partial charge in [0.05, 0.1) is 19.4 Å². The Kier molecular flexibility index (Phi) is 12.3. The highest BCUT2D eigenvalue weighted by Gasteiger charge is 2.66. The van der Waals surface area contributed by atoms with E-state index in [1.807, 2.05) is 31.2 Å². The van der Waals surface area contributed by atoms with Crippen LogP contribution in [0.5, 0.6) is 0 Å². The molecule has 1 aliphatic rings. The maximum absolute atomic E-state index is 12.6. The van der Waals surface area contributed by atoms with Gasteiger partial charge >= 0.3 is 6.18 Å². The molecule has 3 rings (SSSR count). The van der Waals surface area contributed by atoms with Crippen LogP contribution in [0.3, 0.4) is 0 Å². The lowest BCUT2D eigenvalue weighted by atomic mass is 10.0. The van der Waals surface area contributed by atoms with Crippen LogP contribution in [0.1, 0.15) is 52.5 Å². The largest absolute Gasteiger partial charge is 0.500 e. The van der Waals surface area contributed by atoms with Gasteiger partial charge < -0.3 is 14.8 Å². The zero-order chi connectivity index (χ0) is 30.6. The fraction of sp³-hybridized carbons (Fsp3) is 0.419. The Morgan fingerprint density at radius 1 is 1.12 bits per heavy atom. The Labute approximate surface area is 240 Å². The molecule has 0 radical (unpaired) electrons. The summed E-state index contributed by atoms with van der Waals surface area (Å²) in [6.07, 6.45) is 3.97. The Bertz CT molecular complexity index is 1260. The molecule has 1 saturated carbocycles. The second-order valence-corrected chi connectivity index (χ2v) is 9.84. The standard InChI is InChI=1S/C21H26N4O2.C10H13F3O/c1-5-10-27-16(3)20(14-22-4)25-21-23-12-19(13-24-21)18-8-6-17(7-9-18)11-15(2)26;1-7(2)6-8(14-3)9(4-5-9)10(11,12)13/h6-9,12-14H,5,10-11H2,1-4H3,(H,23,24,25);6H,1,4-5H2,2-3H3/b20-16-,22-14?;8-6-. The van der Waals surface area contributed by atoms with Gasteiger partial charge in [-0.15, -0.1) is 0 Å². The summed E-state index contributed by atoms with van der Waals surface area (Å²) in [4.78, 5) is 24.0. The molecule has 222 valence electrons. The highest BCUT2D eigenvalue weighted by molar-refractivity contribution is 5.82. The molecule has 7 nitrogen and oxygen atoms in total. The van der Waals surface area contributed by atoms with Gasteiger partial charge in [-0.25, -0.2) is 9.97 Å². The number of allylic oxidation sites excluding steroid dienone is 5. The lowest BCUT2D eigenvalue weighted by Gasteiger charge is -2.21. The molecule has 1 aromatic carbocycles. The average molecular weight is 573 g/mol. The van der Waals surface area contributed by atoms with Crippen molar-refractivity contribution >= 4 is 17.9 Å². The first kappa shape index (κ1) is 33.3. The first-order chi connectivity index (χ1) is 19.4. The number of ether oxygens (including phenoxy) is 2. The van der Waals surface area contributed by atoms with E-state index >= 15 is 0 Å². The van der Waals surface area contributed by atoms with E-state index in [1.54, 1.807) is 39.5 Å². The summed E-state index contributed by atoms with van der Waals surface area (Å²) in [5, 5.41) is 3.14. The predicted molar refractivity (Wildman–Crippen MR) is 156 cm³/mol. The van der Waals surface area contributed by atoms with E-state index in [2.05, 4.69) is 33.8 Å². The van der Waals surface area contributed by atoms with Crippen molar-refractivity contribution in [2.45, 2.75) is 59.6 Å². The number of benzene rings is 1. The molecule has 1 fully saturated rings. The van der Waals surface area contributed by atoms with Gasteiger partial charge in [0.25, 0.3) is 0 Å². The first-order valence-electron chi connectivity index (χ1n) is 13.3. The molecular weight excluding hydrogens is 533 g/mol. The Hall–Kier alpha value is -3.95. The summed E-state index contributed by atoms with van der Waals surface area (Å²) in [6.45, 7) is 11.4. The van der Waals surface area contributed by atoms with Crippen molar-refractivity contribution < 1.29 is 27.4 Å². The topological polar surface area (TPSA) is 85.7 Å². The third-order valence-electron chi connectivity index (χ3n) is 6.16. The maximum atomic E-state index is 12.6. The van der Waals surface area contributed by atoms with E-state index < -0.39 is 11.6 Å². The summed E-state index contributed by atoms with van der Waals surface area (Å²) < 4.78 is 48.3. The van der Waals surface area contributed by atoms with Crippen molar-refractivity contribution in [3.63, 3.8) is 0 Å². The number of aliphatic imine (C=N–C) groups is 1. The SMILES string of the molecule is C=C(C)/C=C(\OC)C1(C(F)(F)F)CC1.CCCO/C(C)=C(/C=NC)Nc1ncc(-c2ccc(CC(C)=O)cc2)cn1. The zero-order valence-corrected chi connectivity index (χ0v) is 24.6. The van der Waals surface area contributed by atoms with Crippen LogP contribution >= 0.6 is 0 Å². The van der Waals surface area contributed by atoms with Gasteiger partial charge in [0.15, 0.2) is 0 Å². The van der Waals surface area contributed by atoms with Crippen LogP contribution in [0.25, 0.3) is 11.1 Å². The van der Waals surface area contributed by atoms with Crippen LogP contribution in [0, 0.1) is 5.41 Å². The number of rotatable bonds is 12. The second kappa shape index (κ2) is 15.2. The number of hydrogen-bond acceptors (Lipinski definition) is 7. The van der Waals surface area contributed by atoms with Gasteiger partial charge in [0.1, 0.15) is 22.7 Å². The number of hydrogen-bond donors (Lipinski definition) is 1. The van der Waals surface area contributed by atoms with E-state index in [-0.39, 0.29) is 24.4 Å². The molecule has 41 heavy (non-hydrogen) atoms. The maximum Gasteiger partial charge on any atom is 0.401 e. The molecule has 1 N–H and O–H groups in total. The molecule has 0 atom stereocenters. The normalized spacial score (nSPS) is 14.9. The summed E-state index contributed by atoms with van der Waals surface area (Å²) in [6, 6.07) is 7.86. The number of anilines is 1. The molecule has 0 aliphatic heterocycles. The van der Waals surface area contributed by atoms with E-state index in [0.717, 1.165) is 34.6 Å². The summed E-state index contributed by atoms with van der Waals surface area (Å²) in [7, 11) is 2.97. The molecule has 0 amide bonds. The van der Waals surface area contributed by atoms with Crippen LogP contribution in [0.4, 0.5) is 19.1 Å². The number of carbonyl (C=O) groups excluding carboxylic acids is 1. The summed E-state index contributed by atoms with van der Waals surface area (Å²) in [5.41, 5.74) is 2.47. The van der Waals surface area contributed by atoms with Crippen molar-refractivity contribution in [2.75, 3.05) is 26.1 Å². The van der Waals surface area contributed by atoms with E-state index in [0.29, 0.717) is 24.5 Å². The molecule has 0 spiro atoms. The molecule has 2 aromatic rings. The van der Waals surface area contributed by atoms with Crippen molar-refractivity contribution in [1.82, 2.24) is 9.97 Å². The molecule has 10 heteroatoms. The number of methoxy groups -OCH3 is 1.